The Kier molecular flexibility index (Phi) is 3.34. The van der Waals surface area contributed by atoms with Gasteiger partial charge < -0.3 is 4.42 Å². The molecule has 2 nitrogen and oxygen atoms in total. The summed E-state index contributed by atoms with van der Waals surface area (Å²) in [6, 6.07) is 0.762. The van der Waals surface area contributed by atoms with E-state index in [4.69, 9.17) is 0 Å². The van der Waals surface area contributed by atoms with Crippen molar-refractivity contribution in [3.8, 4) is 0 Å². The molecule has 0 saturated carbocycles. The minimum absolute atomic E-state index is 0.194. The number of furan rings is 1. The molecule has 0 aliphatic carbocycles. The summed E-state index contributed by atoms with van der Waals surface area (Å²) in [4.78, 5) is 3.28. The van der Waals surface area contributed by atoms with Crippen LogP contribution in [0.5, 0.6) is 0 Å². The second-order valence-electron chi connectivity index (χ2n) is 2.21. The molecule has 0 aliphatic heterocycles. The maximum Gasteiger partial charge on any atom is 0.418 e. The first-order valence-electron chi connectivity index (χ1n) is 3.27. The second-order valence-corrected chi connectivity index (χ2v) is 2.76. The largest absolute Gasteiger partial charge is 0.467 e. The summed E-state index contributed by atoms with van der Waals surface area (Å²) in [5.74, 6) is -0.194. The molecule has 1 atom stereocenters. The van der Waals surface area contributed by atoms with E-state index in [-0.39, 0.29) is 5.76 Å². The smallest absolute Gasteiger partial charge is 0.418 e. The number of alkyl halides is 3. The molecule has 6 heteroatoms. The molecular weight excluding hydrogens is 298 g/mol. The summed E-state index contributed by atoms with van der Waals surface area (Å²) in [5, 5.41) is 0. The zero-order chi connectivity index (χ0) is 9.90. The lowest BCUT2D eigenvalue weighted by Crippen LogP contribution is -2.18. The monoisotopic (exact) mass is 303 g/mol. The zero-order valence-corrected chi connectivity index (χ0v) is 8.41. The second kappa shape index (κ2) is 4.12. The zero-order valence-electron chi connectivity index (χ0n) is 6.25. The standard InChI is InChI=1S/C7H5F3INO/c8-7(9,10)6(12-4-11)5-2-1-3-13-5/h1-4,6H/b12-4+/t6-/m0/s1. The molecule has 72 valence electrons. The molecule has 1 rings (SSSR count). The van der Waals surface area contributed by atoms with E-state index in [1.54, 1.807) is 22.6 Å². The predicted molar refractivity (Wildman–Crippen MR) is 50.0 cm³/mol. The van der Waals surface area contributed by atoms with Gasteiger partial charge in [0.1, 0.15) is 5.76 Å². The molecule has 0 unspecified atom stereocenters. The van der Waals surface area contributed by atoms with Crippen molar-refractivity contribution in [2.45, 2.75) is 12.2 Å². The van der Waals surface area contributed by atoms with Gasteiger partial charge in [-0.05, 0) is 34.7 Å². The van der Waals surface area contributed by atoms with Crippen LogP contribution in [-0.2, 0) is 0 Å². The van der Waals surface area contributed by atoms with Crippen molar-refractivity contribution in [1.82, 2.24) is 0 Å². The van der Waals surface area contributed by atoms with Gasteiger partial charge in [0.25, 0.3) is 0 Å². The van der Waals surface area contributed by atoms with Crippen molar-refractivity contribution in [3.63, 3.8) is 0 Å². The summed E-state index contributed by atoms with van der Waals surface area (Å²) in [5.41, 5.74) is 0. The maximum atomic E-state index is 12.3. The summed E-state index contributed by atoms with van der Waals surface area (Å²) in [6.07, 6.45) is -3.21. The van der Waals surface area contributed by atoms with Gasteiger partial charge in [0, 0.05) is 0 Å². The fourth-order valence-corrected chi connectivity index (χ4v) is 1.14. The van der Waals surface area contributed by atoms with Crippen LogP contribution in [0.2, 0.25) is 0 Å². The van der Waals surface area contributed by atoms with Crippen molar-refractivity contribution in [1.29, 1.82) is 0 Å². The Hall–Kier alpha value is -0.530. The van der Waals surface area contributed by atoms with Crippen molar-refractivity contribution >= 4 is 26.8 Å². The van der Waals surface area contributed by atoms with Gasteiger partial charge in [0.2, 0.25) is 6.04 Å². The highest BCUT2D eigenvalue weighted by molar-refractivity contribution is 14.1. The van der Waals surface area contributed by atoms with Gasteiger partial charge in [-0.3, -0.25) is 4.99 Å². The van der Waals surface area contributed by atoms with Crippen molar-refractivity contribution in [3.05, 3.63) is 24.2 Å². The Morgan fingerprint density at radius 2 is 2.23 bits per heavy atom. The van der Waals surface area contributed by atoms with E-state index in [1.165, 1.54) is 18.4 Å². The molecule has 1 aromatic heterocycles. The van der Waals surface area contributed by atoms with Crippen LogP contribution >= 0.6 is 22.6 Å². The Morgan fingerprint density at radius 1 is 1.54 bits per heavy atom. The maximum absolute atomic E-state index is 12.3. The summed E-state index contributed by atoms with van der Waals surface area (Å²) in [6.45, 7) is 0. The molecule has 0 aromatic carbocycles. The van der Waals surface area contributed by atoms with Gasteiger partial charge in [-0.1, -0.05) is 0 Å². The highest BCUT2D eigenvalue weighted by Gasteiger charge is 2.42. The Morgan fingerprint density at radius 3 is 2.62 bits per heavy atom. The Labute approximate surface area is 86.0 Å². The van der Waals surface area contributed by atoms with Crippen LogP contribution in [0.15, 0.2) is 27.8 Å². The topological polar surface area (TPSA) is 25.5 Å². The minimum Gasteiger partial charge on any atom is -0.467 e. The third-order valence-corrected chi connectivity index (χ3v) is 1.65. The van der Waals surface area contributed by atoms with Crippen LogP contribution in [0.3, 0.4) is 0 Å². The van der Waals surface area contributed by atoms with Crippen LogP contribution in [0.25, 0.3) is 0 Å². The van der Waals surface area contributed by atoms with Crippen LogP contribution in [-0.4, -0.2) is 10.4 Å². The van der Waals surface area contributed by atoms with Crippen molar-refractivity contribution < 1.29 is 17.6 Å². The number of hydrogen-bond donors (Lipinski definition) is 0. The molecule has 0 radical (unpaired) electrons. The lowest BCUT2D eigenvalue weighted by atomic mass is 10.2. The Bertz CT molecular complexity index is 280. The third-order valence-electron chi connectivity index (χ3n) is 1.33. The van der Waals surface area contributed by atoms with E-state index in [1.807, 2.05) is 0 Å². The average Bonchev–Trinajstić information content (AvgIpc) is 2.49. The number of aliphatic imine (C=N–C) groups is 1. The molecule has 13 heavy (non-hydrogen) atoms. The molecule has 0 spiro atoms. The Balaban J connectivity index is 2.94. The SMILES string of the molecule is FC(F)(F)[C@@H](/N=C/I)c1ccco1. The molecule has 0 amide bonds. The first-order chi connectivity index (χ1) is 6.05. The molecule has 0 N–H and O–H groups in total. The highest BCUT2D eigenvalue weighted by Crippen LogP contribution is 2.35. The number of nitrogens with zero attached hydrogens (tertiary/aromatic N) is 1. The lowest BCUT2D eigenvalue weighted by molar-refractivity contribution is -0.151. The number of rotatable bonds is 2. The molecular formula is C7H5F3INO. The average molecular weight is 303 g/mol. The quantitative estimate of drug-likeness (QED) is 0.607. The van der Waals surface area contributed by atoms with E-state index in [0.29, 0.717) is 0 Å². The number of halogens is 4. The van der Waals surface area contributed by atoms with E-state index >= 15 is 0 Å². The van der Waals surface area contributed by atoms with Gasteiger partial charge in [0.05, 0.1) is 10.5 Å². The minimum atomic E-state index is -4.40. The van der Waals surface area contributed by atoms with Gasteiger partial charge in [0.15, 0.2) is 0 Å². The van der Waals surface area contributed by atoms with Gasteiger partial charge in [-0.2, -0.15) is 13.2 Å². The lowest BCUT2D eigenvalue weighted by Gasteiger charge is -2.12. The first kappa shape index (κ1) is 10.6. The summed E-state index contributed by atoms with van der Waals surface area (Å²) >= 11 is 1.63. The van der Waals surface area contributed by atoms with E-state index in [9.17, 15) is 13.2 Å². The van der Waals surface area contributed by atoms with E-state index in [0.717, 1.165) is 4.22 Å². The van der Waals surface area contributed by atoms with Crippen LogP contribution < -0.4 is 0 Å². The third kappa shape index (κ3) is 2.71. The van der Waals surface area contributed by atoms with Gasteiger partial charge in [-0.25, -0.2) is 0 Å². The van der Waals surface area contributed by atoms with Crippen molar-refractivity contribution in [2.24, 2.45) is 4.99 Å². The highest BCUT2D eigenvalue weighted by atomic mass is 127. The normalized spacial score (nSPS) is 15.1. The van der Waals surface area contributed by atoms with E-state index in [2.05, 4.69) is 9.41 Å². The van der Waals surface area contributed by atoms with Crippen LogP contribution in [0.4, 0.5) is 13.2 Å². The van der Waals surface area contributed by atoms with Crippen molar-refractivity contribution in [2.75, 3.05) is 0 Å². The molecule has 0 aliphatic rings. The first-order valence-corrected chi connectivity index (χ1v) is 4.52. The fourth-order valence-electron chi connectivity index (χ4n) is 0.822. The van der Waals surface area contributed by atoms with E-state index < -0.39 is 12.2 Å². The predicted octanol–water partition coefficient (Wildman–Crippen LogP) is 3.35. The number of hydrogen-bond acceptors (Lipinski definition) is 2. The molecule has 0 fully saturated rings. The summed E-state index contributed by atoms with van der Waals surface area (Å²) < 4.78 is 42.6. The van der Waals surface area contributed by atoms with Crippen LogP contribution in [0.1, 0.15) is 11.8 Å². The molecule has 0 bridgehead atoms. The molecule has 1 aromatic rings. The molecule has 1 heterocycles. The summed E-state index contributed by atoms with van der Waals surface area (Å²) in [7, 11) is 0. The van der Waals surface area contributed by atoms with Gasteiger partial charge >= 0.3 is 6.18 Å². The fraction of sp³-hybridized carbons (Fsp3) is 0.286. The van der Waals surface area contributed by atoms with Gasteiger partial charge in [-0.15, -0.1) is 0 Å². The molecule has 0 saturated heterocycles. The van der Waals surface area contributed by atoms with Crippen LogP contribution in [0, 0.1) is 0 Å².